The summed E-state index contributed by atoms with van der Waals surface area (Å²) in [6, 6.07) is 0.0227. The maximum absolute atomic E-state index is 12.2. The molecule has 2 atom stereocenters. The molecule has 0 radical (unpaired) electrons. The number of carbonyl (C=O) groups excluding carboxylic acids is 1. The second-order valence-corrected chi connectivity index (χ2v) is 8.32. The Morgan fingerprint density at radius 3 is 2.68 bits per heavy atom. The first-order valence-corrected chi connectivity index (χ1v) is 9.15. The smallest absolute Gasteiger partial charge is 0.233 e. The van der Waals surface area contributed by atoms with Crippen molar-refractivity contribution in [3.63, 3.8) is 0 Å². The van der Waals surface area contributed by atoms with Gasteiger partial charge >= 0.3 is 0 Å². The van der Waals surface area contributed by atoms with Crippen LogP contribution in [0.1, 0.15) is 34.1 Å². The van der Waals surface area contributed by atoms with Crippen molar-refractivity contribution in [3.05, 3.63) is 0 Å². The topological polar surface area (TPSA) is 49.8 Å². The highest BCUT2D eigenvalue weighted by Crippen LogP contribution is 2.28. The summed E-state index contributed by atoms with van der Waals surface area (Å²) in [4.78, 5) is 13.9. The predicted molar refractivity (Wildman–Crippen MR) is 82.4 cm³/mol. The Morgan fingerprint density at radius 2 is 2.11 bits per heavy atom. The third-order valence-electron chi connectivity index (χ3n) is 2.78. The van der Waals surface area contributed by atoms with Gasteiger partial charge in [-0.2, -0.15) is 0 Å². The molecule has 1 heterocycles. The normalized spacial score (nSPS) is 23.6. The average molecular weight is 307 g/mol. The molecule has 1 aliphatic rings. The number of aliphatic hydroxyl groups excluding tert-OH is 1. The Morgan fingerprint density at radius 1 is 1.42 bits per heavy atom. The molecule has 1 saturated heterocycles. The van der Waals surface area contributed by atoms with Crippen LogP contribution in [0, 0.1) is 0 Å². The fraction of sp³-hybridized carbons (Fsp3) is 0.923. The zero-order chi connectivity index (χ0) is 14.4. The lowest BCUT2D eigenvalue weighted by Crippen LogP contribution is -2.40. The van der Waals surface area contributed by atoms with E-state index in [9.17, 15) is 9.90 Å². The monoisotopic (exact) mass is 307 g/mol. The van der Waals surface area contributed by atoms with Crippen molar-refractivity contribution in [1.29, 1.82) is 0 Å². The number of likely N-dealkylation sites (tertiary alicyclic amines) is 1. The second kappa shape index (κ2) is 8.39. The van der Waals surface area contributed by atoms with E-state index in [4.69, 9.17) is 4.74 Å². The lowest BCUT2D eigenvalue weighted by Gasteiger charge is -2.25. The molecule has 1 amide bonds. The van der Waals surface area contributed by atoms with Crippen molar-refractivity contribution in [3.8, 4) is 0 Å². The van der Waals surface area contributed by atoms with Crippen LogP contribution in [0.4, 0.5) is 0 Å². The number of hydrogen-bond donors (Lipinski definition) is 1. The lowest BCUT2D eigenvalue weighted by atomic mass is 10.2. The number of carbonyl (C=O) groups is 1. The SMILES string of the molecule is CC(C)OC[C@@H]1C[C@H](O)CN1C(=O)CSSC(C)C. The summed E-state index contributed by atoms with van der Waals surface area (Å²) in [5.74, 6) is 0.570. The zero-order valence-corrected chi connectivity index (χ0v) is 13.8. The molecule has 0 saturated carbocycles. The Kier molecular flexibility index (Phi) is 7.57. The highest BCUT2D eigenvalue weighted by atomic mass is 33.1. The quantitative estimate of drug-likeness (QED) is 0.731. The largest absolute Gasteiger partial charge is 0.391 e. The minimum Gasteiger partial charge on any atom is -0.391 e. The molecule has 1 rings (SSSR count). The summed E-state index contributed by atoms with van der Waals surface area (Å²) in [5, 5.41) is 10.3. The fourth-order valence-electron chi connectivity index (χ4n) is 1.96. The van der Waals surface area contributed by atoms with Crippen LogP contribution in [0.25, 0.3) is 0 Å². The van der Waals surface area contributed by atoms with Gasteiger partial charge in [0.05, 0.1) is 30.6 Å². The molecule has 0 aromatic heterocycles. The summed E-state index contributed by atoms with van der Waals surface area (Å²) in [6.07, 6.45) is 0.369. The van der Waals surface area contributed by atoms with Gasteiger partial charge in [-0.25, -0.2) is 0 Å². The van der Waals surface area contributed by atoms with Crippen LogP contribution < -0.4 is 0 Å². The van der Waals surface area contributed by atoms with Crippen molar-refractivity contribution in [1.82, 2.24) is 4.90 Å². The van der Waals surface area contributed by atoms with Crippen molar-refractivity contribution in [2.45, 2.75) is 57.6 Å². The van der Waals surface area contributed by atoms with E-state index in [0.717, 1.165) is 0 Å². The van der Waals surface area contributed by atoms with Crippen molar-refractivity contribution in [2.24, 2.45) is 0 Å². The molecule has 6 heteroatoms. The van der Waals surface area contributed by atoms with Gasteiger partial charge in [-0.15, -0.1) is 0 Å². The molecule has 112 valence electrons. The van der Waals surface area contributed by atoms with Gasteiger partial charge in [0.2, 0.25) is 5.91 Å². The molecule has 0 unspecified atom stereocenters. The molecule has 4 nitrogen and oxygen atoms in total. The van der Waals surface area contributed by atoms with Gasteiger partial charge in [-0.1, -0.05) is 35.4 Å². The number of aliphatic hydroxyl groups is 1. The molecule has 0 spiro atoms. The van der Waals surface area contributed by atoms with Gasteiger partial charge in [0.25, 0.3) is 0 Å². The number of ether oxygens (including phenoxy) is 1. The van der Waals surface area contributed by atoms with E-state index in [0.29, 0.717) is 30.6 Å². The van der Waals surface area contributed by atoms with Crippen LogP contribution in [0.5, 0.6) is 0 Å². The average Bonchev–Trinajstić information content (AvgIpc) is 2.67. The van der Waals surface area contributed by atoms with E-state index in [1.807, 2.05) is 13.8 Å². The van der Waals surface area contributed by atoms with E-state index >= 15 is 0 Å². The number of hydrogen-bond acceptors (Lipinski definition) is 5. The zero-order valence-electron chi connectivity index (χ0n) is 12.2. The molecule has 1 N–H and O–H groups in total. The number of nitrogens with zero attached hydrogens (tertiary/aromatic N) is 1. The number of rotatable bonds is 7. The van der Waals surface area contributed by atoms with Crippen molar-refractivity contribution < 1.29 is 14.6 Å². The second-order valence-electron chi connectivity index (χ2n) is 5.38. The lowest BCUT2D eigenvalue weighted by molar-refractivity contribution is -0.130. The van der Waals surface area contributed by atoms with Gasteiger partial charge in [-0.05, 0) is 20.3 Å². The molecular weight excluding hydrogens is 282 g/mol. The van der Waals surface area contributed by atoms with Gasteiger partial charge in [0.1, 0.15) is 0 Å². The first-order chi connectivity index (χ1) is 8.90. The predicted octanol–water partition coefficient (Wildman–Crippen LogP) is 2.16. The molecular formula is C13H25NO3S2. The third-order valence-corrected chi connectivity index (χ3v) is 5.58. The molecule has 0 aromatic carbocycles. The highest BCUT2D eigenvalue weighted by Gasteiger charge is 2.34. The molecule has 0 aliphatic carbocycles. The van der Waals surface area contributed by atoms with E-state index < -0.39 is 6.10 Å². The molecule has 1 aliphatic heterocycles. The fourth-order valence-corrected chi connectivity index (χ4v) is 3.89. The van der Waals surface area contributed by atoms with Crippen molar-refractivity contribution >= 4 is 27.5 Å². The Bertz CT molecular complexity index is 287. The standard InChI is InChI=1S/C13H25NO3S2/c1-9(2)17-7-11-5-12(15)6-14(11)13(16)8-18-19-10(3)4/h9-12,15H,5-8H2,1-4H3/t11-,12-/m0/s1. The van der Waals surface area contributed by atoms with Crippen LogP contribution in [0.2, 0.25) is 0 Å². The van der Waals surface area contributed by atoms with Crippen LogP contribution >= 0.6 is 21.6 Å². The first kappa shape index (κ1) is 17.1. The first-order valence-electron chi connectivity index (χ1n) is 6.77. The minimum absolute atomic E-state index is 0.0227. The van der Waals surface area contributed by atoms with Crippen molar-refractivity contribution in [2.75, 3.05) is 18.9 Å². The Hall–Kier alpha value is 0.0900. The van der Waals surface area contributed by atoms with E-state index in [1.54, 1.807) is 26.5 Å². The molecule has 1 fully saturated rings. The van der Waals surface area contributed by atoms with E-state index in [2.05, 4.69) is 13.8 Å². The van der Waals surface area contributed by atoms with Crippen LogP contribution in [0.3, 0.4) is 0 Å². The summed E-state index contributed by atoms with van der Waals surface area (Å²) in [7, 11) is 3.30. The molecule has 19 heavy (non-hydrogen) atoms. The maximum Gasteiger partial charge on any atom is 0.233 e. The van der Waals surface area contributed by atoms with Crippen LogP contribution in [-0.4, -0.2) is 58.3 Å². The van der Waals surface area contributed by atoms with Gasteiger partial charge in [-0.3, -0.25) is 4.79 Å². The minimum atomic E-state index is -0.410. The highest BCUT2D eigenvalue weighted by molar-refractivity contribution is 8.77. The van der Waals surface area contributed by atoms with Crippen LogP contribution in [0.15, 0.2) is 0 Å². The Labute approximate surface area is 124 Å². The molecule has 0 aromatic rings. The summed E-state index contributed by atoms with van der Waals surface area (Å²) in [5.41, 5.74) is 0. The van der Waals surface area contributed by atoms with Gasteiger partial charge < -0.3 is 14.7 Å². The summed E-state index contributed by atoms with van der Waals surface area (Å²) >= 11 is 0. The maximum atomic E-state index is 12.2. The number of amides is 1. The Balaban J connectivity index is 2.41. The third kappa shape index (κ3) is 6.38. The number of β-amino-alcohol motifs (C(OH)–C–C–N with tert-alkyl or cyclic N) is 1. The van der Waals surface area contributed by atoms with E-state index in [-0.39, 0.29) is 18.1 Å². The van der Waals surface area contributed by atoms with Crippen LogP contribution in [-0.2, 0) is 9.53 Å². The van der Waals surface area contributed by atoms with Gasteiger partial charge in [0, 0.05) is 11.8 Å². The summed E-state index contributed by atoms with van der Waals surface area (Å²) < 4.78 is 5.58. The molecule has 0 bridgehead atoms. The van der Waals surface area contributed by atoms with Gasteiger partial charge in [0.15, 0.2) is 0 Å². The summed E-state index contributed by atoms with van der Waals surface area (Å²) in [6.45, 7) is 9.14. The van der Waals surface area contributed by atoms with E-state index in [1.165, 1.54) is 0 Å².